The molecule has 1 aromatic heterocycles. The van der Waals surface area contributed by atoms with E-state index in [2.05, 4.69) is 25.9 Å². The molecule has 0 radical (unpaired) electrons. The number of nitrogens with two attached hydrogens (primary N) is 1. The van der Waals surface area contributed by atoms with Gasteiger partial charge in [-0.2, -0.15) is 0 Å². The second kappa shape index (κ2) is 14.8. The number of rotatable bonds is 16. The third-order valence-electron chi connectivity index (χ3n) is 5.27. The van der Waals surface area contributed by atoms with E-state index < -0.39 is 60.2 Å². The van der Waals surface area contributed by atoms with Crippen molar-refractivity contribution in [2.45, 2.75) is 84.0 Å². The fourth-order valence-corrected chi connectivity index (χ4v) is 3.48. The molecule has 202 valence electrons. The highest BCUT2D eigenvalue weighted by molar-refractivity contribution is 5.94. The second-order valence-corrected chi connectivity index (χ2v) is 9.60. The monoisotopic (exact) mass is 510 g/mol. The molecular weight excluding hydrogens is 472 g/mol. The number of imidazole rings is 1. The lowest BCUT2D eigenvalue weighted by Crippen LogP contribution is -2.57. The van der Waals surface area contributed by atoms with Crippen molar-refractivity contribution < 1.29 is 34.2 Å². The maximum absolute atomic E-state index is 13.1. The summed E-state index contributed by atoms with van der Waals surface area (Å²) in [5.74, 6) is -4.49. The van der Waals surface area contributed by atoms with Crippen LogP contribution < -0.4 is 21.7 Å². The van der Waals surface area contributed by atoms with Gasteiger partial charge in [-0.15, -0.1) is 0 Å². The summed E-state index contributed by atoms with van der Waals surface area (Å²) in [7, 11) is 0. The first-order valence-electron chi connectivity index (χ1n) is 11.9. The standard InChI is InChI=1S/C23H38N6O7/c1-12(2)7-17(28-20(32)15(24)9-14-10-25-11-26-14)22(34)29-18(8-13(3)4)21(33)27-16(23(35)36)5-6-19(30)31/h10-13,15-18H,5-9,24H2,1-4H3,(H,25,26)(H,27,33)(H,28,32)(H,29,34)(H,30,31)(H,35,36). The average molecular weight is 511 g/mol. The van der Waals surface area contributed by atoms with Crippen LogP contribution >= 0.6 is 0 Å². The van der Waals surface area contributed by atoms with Crippen LogP contribution in [0.1, 0.15) is 59.1 Å². The highest BCUT2D eigenvalue weighted by atomic mass is 16.4. The minimum atomic E-state index is -1.42. The van der Waals surface area contributed by atoms with Crippen LogP contribution in [-0.4, -0.2) is 74.0 Å². The van der Waals surface area contributed by atoms with Crippen LogP contribution in [0.4, 0.5) is 0 Å². The lowest BCUT2D eigenvalue weighted by molar-refractivity contribution is -0.143. The fourth-order valence-electron chi connectivity index (χ4n) is 3.48. The van der Waals surface area contributed by atoms with Crippen LogP contribution in [0.15, 0.2) is 12.5 Å². The van der Waals surface area contributed by atoms with Crippen molar-refractivity contribution in [1.29, 1.82) is 0 Å². The SMILES string of the molecule is CC(C)CC(NC(=O)C(N)Cc1cnc[nH]1)C(=O)NC(CC(C)C)C(=O)NC(CCC(=O)O)C(=O)O. The molecule has 1 aromatic rings. The van der Waals surface area contributed by atoms with Gasteiger partial charge in [0, 0.05) is 24.7 Å². The molecule has 0 aliphatic heterocycles. The van der Waals surface area contributed by atoms with Gasteiger partial charge in [0.15, 0.2) is 0 Å². The molecule has 0 fully saturated rings. The van der Waals surface area contributed by atoms with Gasteiger partial charge in [-0.25, -0.2) is 9.78 Å². The summed E-state index contributed by atoms with van der Waals surface area (Å²) in [5, 5.41) is 25.8. The number of hydrogen-bond acceptors (Lipinski definition) is 7. The third kappa shape index (κ3) is 11.3. The molecule has 0 saturated carbocycles. The van der Waals surface area contributed by atoms with Gasteiger partial charge < -0.3 is 36.9 Å². The topological polar surface area (TPSA) is 217 Å². The number of H-pyrrole nitrogens is 1. The lowest BCUT2D eigenvalue weighted by atomic mass is 9.99. The summed E-state index contributed by atoms with van der Waals surface area (Å²) in [4.78, 5) is 67.7. The van der Waals surface area contributed by atoms with E-state index in [-0.39, 0.29) is 37.5 Å². The van der Waals surface area contributed by atoms with E-state index in [1.54, 1.807) is 6.20 Å². The first-order chi connectivity index (χ1) is 16.8. The summed E-state index contributed by atoms with van der Waals surface area (Å²) in [6.07, 6.45) is 2.92. The average Bonchev–Trinajstić information content (AvgIpc) is 3.27. The van der Waals surface area contributed by atoms with Gasteiger partial charge in [-0.1, -0.05) is 27.7 Å². The summed E-state index contributed by atoms with van der Waals surface area (Å²) < 4.78 is 0. The van der Waals surface area contributed by atoms with Gasteiger partial charge in [-0.3, -0.25) is 19.2 Å². The number of carboxylic acid groups (broad SMARTS) is 2. The summed E-state index contributed by atoms with van der Waals surface area (Å²) in [6, 6.07) is -4.43. The Kier molecular flexibility index (Phi) is 12.6. The Hall–Kier alpha value is -3.48. The predicted molar refractivity (Wildman–Crippen MR) is 129 cm³/mol. The number of carbonyl (C=O) groups excluding carboxylic acids is 3. The molecule has 0 aliphatic rings. The number of carbonyl (C=O) groups is 5. The molecule has 0 aliphatic carbocycles. The van der Waals surface area contributed by atoms with Crippen molar-refractivity contribution in [2.75, 3.05) is 0 Å². The molecule has 13 nitrogen and oxygen atoms in total. The van der Waals surface area contributed by atoms with Crippen molar-refractivity contribution >= 4 is 29.7 Å². The number of hydrogen-bond donors (Lipinski definition) is 7. The fraction of sp³-hybridized carbons (Fsp3) is 0.652. The zero-order valence-electron chi connectivity index (χ0n) is 21.1. The van der Waals surface area contributed by atoms with Crippen LogP contribution in [0, 0.1) is 11.8 Å². The molecule has 0 aromatic carbocycles. The number of aromatic nitrogens is 2. The molecule has 13 heteroatoms. The van der Waals surface area contributed by atoms with Gasteiger partial charge in [0.25, 0.3) is 0 Å². The molecule has 0 spiro atoms. The number of amides is 3. The molecule has 1 heterocycles. The molecule has 36 heavy (non-hydrogen) atoms. The Balaban J connectivity index is 2.94. The maximum Gasteiger partial charge on any atom is 0.326 e. The van der Waals surface area contributed by atoms with E-state index in [1.807, 2.05) is 27.7 Å². The van der Waals surface area contributed by atoms with Crippen molar-refractivity contribution in [2.24, 2.45) is 17.6 Å². The van der Waals surface area contributed by atoms with E-state index >= 15 is 0 Å². The Morgan fingerprint density at radius 3 is 1.81 bits per heavy atom. The van der Waals surface area contributed by atoms with Crippen LogP contribution in [-0.2, 0) is 30.4 Å². The summed E-state index contributed by atoms with van der Waals surface area (Å²) in [5.41, 5.74) is 6.64. The van der Waals surface area contributed by atoms with E-state index in [1.165, 1.54) is 6.33 Å². The highest BCUT2D eigenvalue weighted by Crippen LogP contribution is 2.10. The molecule has 8 N–H and O–H groups in total. The lowest BCUT2D eigenvalue weighted by Gasteiger charge is -2.26. The van der Waals surface area contributed by atoms with Crippen molar-refractivity contribution in [3.63, 3.8) is 0 Å². The van der Waals surface area contributed by atoms with E-state index in [9.17, 15) is 29.1 Å². The molecule has 4 atom stereocenters. The molecular formula is C23H38N6O7. The van der Waals surface area contributed by atoms with Gasteiger partial charge in [0.05, 0.1) is 12.4 Å². The first-order valence-corrected chi connectivity index (χ1v) is 11.9. The molecule has 3 amide bonds. The van der Waals surface area contributed by atoms with Crippen LogP contribution in [0.3, 0.4) is 0 Å². The zero-order valence-corrected chi connectivity index (χ0v) is 21.1. The normalized spacial score (nSPS) is 14.5. The van der Waals surface area contributed by atoms with Gasteiger partial charge in [0.1, 0.15) is 18.1 Å². The van der Waals surface area contributed by atoms with Crippen LogP contribution in [0.5, 0.6) is 0 Å². The quantitative estimate of drug-likeness (QED) is 0.156. The molecule has 0 saturated heterocycles. The van der Waals surface area contributed by atoms with Crippen molar-refractivity contribution in [3.8, 4) is 0 Å². The maximum atomic E-state index is 13.1. The molecule has 4 unspecified atom stereocenters. The second-order valence-electron chi connectivity index (χ2n) is 9.60. The van der Waals surface area contributed by atoms with Crippen LogP contribution in [0.25, 0.3) is 0 Å². The van der Waals surface area contributed by atoms with Gasteiger partial charge in [0.2, 0.25) is 17.7 Å². The highest BCUT2D eigenvalue weighted by Gasteiger charge is 2.31. The van der Waals surface area contributed by atoms with E-state index in [0.717, 1.165) is 0 Å². The minimum Gasteiger partial charge on any atom is -0.481 e. The number of aromatic amines is 1. The largest absolute Gasteiger partial charge is 0.481 e. The van der Waals surface area contributed by atoms with E-state index in [0.29, 0.717) is 5.69 Å². The Labute approximate surface area is 210 Å². The number of carboxylic acids is 2. The smallest absolute Gasteiger partial charge is 0.326 e. The Morgan fingerprint density at radius 1 is 0.889 bits per heavy atom. The van der Waals surface area contributed by atoms with Crippen LogP contribution in [0.2, 0.25) is 0 Å². The van der Waals surface area contributed by atoms with Gasteiger partial charge >= 0.3 is 11.9 Å². The number of aliphatic carboxylic acids is 2. The summed E-state index contributed by atoms with van der Waals surface area (Å²) in [6.45, 7) is 7.39. The molecule has 1 rings (SSSR count). The third-order valence-corrected chi connectivity index (χ3v) is 5.27. The van der Waals surface area contributed by atoms with Gasteiger partial charge in [-0.05, 0) is 31.1 Å². The zero-order chi connectivity index (χ0) is 27.4. The number of nitrogens with zero attached hydrogens (tertiary/aromatic N) is 1. The number of nitrogens with one attached hydrogen (secondary N) is 4. The minimum absolute atomic E-state index is 0.0228. The van der Waals surface area contributed by atoms with E-state index in [4.69, 9.17) is 10.8 Å². The molecule has 0 bridgehead atoms. The van der Waals surface area contributed by atoms with Crippen molar-refractivity contribution in [3.05, 3.63) is 18.2 Å². The Bertz CT molecular complexity index is 888. The predicted octanol–water partition coefficient (Wildman–Crippen LogP) is -0.224. The Morgan fingerprint density at radius 2 is 1.39 bits per heavy atom. The van der Waals surface area contributed by atoms with Crippen molar-refractivity contribution in [1.82, 2.24) is 25.9 Å². The summed E-state index contributed by atoms with van der Waals surface area (Å²) >= 11 is 0. The first kappa shape index (κ1) is 30.6.